The van der Waals surface area contributed by atoms with E-state index >= 15 is 0 Å². The largest absolute Gasteiger partial charge is 0.309 e. The van der Waals surface area contributed by atoms with Crippen molar-refractivity contribution >= 4 is 0 Å². The number of aryl methyl sites for hydroxylation is 2. The lowest BCUT2D eigenvalue weighted by molar-refractivity contribution is 0.688. The van der Waals surface area contributed by atoms with Crippen LogP contribution in [0.15, 0.2) is 42.7 Å². The van der Waals surface area contributed by atoms with Gasteiger partial charge in [0.05, 0.1) is 0 Å². The predicted molar refractivity (Wildman–Crippen MR) is 75.3 cm³/mol. The summed E-state index contributed by atoms with van der Waals surface area (Å²) in [6, 6.07) is 10.8. The summed E-state index contributed by atoms with van der Waals surface area (Å²) in [4.78, 5) is 4.15. The Labute approximate surface area is 109 Å². The van der Waals surface area contributed by atoms with E-state index in [-0.39, 0.29) is 0 Å². The van der Waals surface area contributed by atoms with Crippen LogP contribution in [-0.4, -0.2) is 4.98 Å². The molecule has 1 aromatic heterocycles. The molecule has 18 heavy (non-hydrogen) atoms. The van der Waals surface area contributed by atoms with Gasteiger partial charge in [-0.3, -0.25) is 4.98 Å². The molecule has 0 aliphatic heterocycles. The van der Waals surface area contributed by atoms with E-state index in [1.807, 2.05) is 18.5 Å². The van der Waals surface area contributed by atoms with Gasteiger partial charge in [0.1, 0.15) is 0 Å². The van der Waals surface area contributed by atoms with Gasteiger partial charge in [-0.1, -0.05) is 31.2 Å². The summed E-state index contributed by atoms with van der Waals surface area (Å²) in [6.45, 7) is 6.07. The zero-order valence-corrected chi connectivity index (χ0v) is 11.1. The van der Waals surface area contributed by atoms with Crippen molar-refractivity contribution in [2.24, 2.45) is 0 Å². The molecule has 0 saturated heterocycles. The van der Waals surface area contributed by atoms with Gasteiger partial charge in [-0.2, -0.15) is 0 Å². The molecule has 0 radical (unpaired) electrons. The molecule has 0 saturated carbocycles. The first kappa shape index (κ1) is 12.8. The van der Waals surface area contributed by atoms with Crippen molar-refractivity contribution in [1.82, 2.24) is 10.3 Å². The SMILES string of the molecule is CCc1ccc(CNCc2cnccc2C)cc1. The van der Waals surface area contributed by atoms with Crippen LogP contribution in [-0.2, 0) is 19.5 Å². The van der Waals surface area contributed by atoms with Crippen LogP contribution in [0.25, 0.3) is 0 Å². The van der Waals surface area contributed by atoms with E-state index in [0.29, 0.717) is 0 Å². The summed E-state index contributed by atoms with van der Waals surface area (Å²) < 4.78 is 0. The molecule has 0 fully saturated rings. The maximum Gasteiger partial charge on any atom is 0.0315 e. The standard InChI is InChI=1S/C16H20N2/c1-3-14-4-6-15(7-5-14)10-18-12-16-11-17-9-8-13(16)2/h4-9,11,18H,3,10,12H2,1-2H3. The number of nitrogens with zero attached hydrogens (tertiary/aromatic N) is 1. The molecule has 0 amide bonds. The number of nitrogens with one attached hydrogen (secondary N) is 1. The van der Waals surface area contributed by atoms with Crippen molar-refractivity contribution in [3.05, 3.63) is 65.0 Å². The van der Waals surface area contributed by atoms with Crippen molar-refractivity contribution in [3.63, 3.8) is 0 Å². The topological polar surface area (TPSA) is 24.9 Å². The molecule has 2 heteroatoms. The van der Waals surface area contributed by atoms with Crippen LogP contribution in [0.2, 0.25) is 0 Å². The van der Waals surface area contributed by atoms with Gasteiger partial charge in [-0.25, -0.2) is 0 Å². The smallest absolute Gasteiger partial charge is 0.0315 e. The van der Waals surface area contributed by atoms with Crippen molar-refractivity contribution in [1.29, 1.82) is 0 Å². The van der Waals surface area contributed by atoms with Gasteiger partial charge in [0, 0.05) is 25.5 Å². The van der Waals surface area contributed by atoms with E-state index in [4.69, 9.17) is 0 Å². The van der Waals surface area contributed by atoms with Crippen LogP contribution >= 0.6 is 0 Å². The van der Waals surface area contributed by atoms with Crippen LogP contribution in [0, 0.1) is 6.92 Å². The van der Waals surface area contributed by atoms with E-state index in [1.54, 1.807) is 0 Å². The lowest BCUT2D eigenvalue weighted by Crippen LogP contribution is -2.13. The summed E-state index contributed by atoms with van der Waals surface area (Å²) in [5, 5.41) is 3.46. The summed E-state index contributed by atoms with van der Waals surface area (Å²) in [7, 11) is 0. The molecule has 1 heterocycles. The van der Waals surface area contributed by atoms with Crippen molar-refractivity contribution in [2.75, 3.05) is 0 Å². The Morgan fingerprint density at radius 1 is 1.00 bits per heavy atom. The van der Waals surface area contributed by atoms with Gasteiger partial charge in [-0.05, 0) is 41.7 Å². The average Bonchev–Trinajstić information content (AvgIpc) is 2.42. The van der Waals surface area contributed by atoms with Gasteiger partial charge in [-0.15, -0.1) is 0 Å². The molecule has 0 atom stereocenters. The summed E-state index contributed by atoms with van der Waals surface area (Å²) in [5.74, 6) is 0. The Balaban J connectivity index is 1.86. The molecule has 2 nitrogen and oxygen atoms in total. The fourth-order valence-corrected chi connectivity index (χ4v) is 1.92. The highest BCUT2D eigenvalue weighted by molar-refractivity contribution is 5.23. The normalized spacial score (nSPS) is 10.6. The molecule has 0 aliphatic rings. The molecule has 1 aromatic carbocycles. The summed E-state index contributed by atoms with van der Waals surface area (Å²) >= 11 is 0. The summed E-state index contributed by atoms with van der Waals surface area (Å²) in [6.07, 6.45) is 4.87. The third-order valence-electron chi connectivity index (χ3n) is 3.22. The molecular weight excluding hydrogens is 220 g/mol. The summed E-state index contributed by atoms with van der Waals surface area (Å²) in [5.41, 5.74) is 5.28. The monoisotopic (exact) mass is 240 g/mol. The highest BCUT2D eigenvalue weighted by Gasteiger charge is 1.98. The van der Waals surface area contributed by atoms with E-state index in [0.717, 1.165) is 19.5 Å². The third kappa shape index (κ3) is 3.41. The molecule has 0 bridgehead atoms. The maximum atomic E-state index is 4.15. The van der Waals surface area contributed by atoms with E-state index in [1.165, 1.54) is 22.3 Å². The molecule has 2 rings (SSSR count). The number of hydrogen-bond donors (Lipinski definition) is 1. The van der Waals surface area contributed by atoms with Crippen LogP contribution in [0.1, 0.15) is 29.2 Å². The highest BCUT2D eigenvalue weighted by atomic mass is 14.8. The average molecular weight is 240 g/mol. The molecule has 0 unspecified atom stereocenters. The minimum Gasteiger partial charge on any atom is -0.309 e. The van der Waals surface area contributed by atoms with Gasteiger partial charge in [0.15, 0.2) is 0 Å². The Hall–Kier alpha value is -1.67. The fourth-order valence-electron chi connectivity index (χ4n) is 1.92. The Kier molecular flexibility index (Phi) is 4.48. The number of hydrogen-bond acceptors (Lipinski definition) is 2. The fraction of sp³-hybridized carbons (Fsp3) is 0.312. The third-order valence-corrected chi connectivity index (χ3v) is 3.22. The Bertz CT molecular complexity index is 489. The Morgan fingerprint density at radius 2 is 1.72 bits per heavy atom. The highest BCUT2D eigenvalue weighted by Crippen LogP contribution is 2.07. The lowest BCUT2D eigenvalue weighted by Gasteiger charge is -2.07. The van der Waals surface area contributed by atoms with Crippen molar-refractivity contribution < 1.29 is 0 Å². The van der Waals surface area contributed by atoms with Gasteiger partial charge in [0.2, 0.25) is 0 Å². The molecular formula is C16H20N2. The molecule has 94 valence electrons. The van der Waals surface area contributed by atoms with Crippen LogP contribution in [0.4, 0.5) is 0 Å². The molecule has 0 aliphatic carbocycles. The minimum atomic E-state index is 0.870. The first-order valence-corrected chi connectivity index (χ1v) is 6.47. The van der Waals surface area contributed by atoms with Crippen molar-refractivity contribution in [3.8, 4) is 0 Å². The maximum absolute atomic E-state index is 4.15. The molecule has 0 spiro atoms. The first-order chi connectivity index (χ1) is 8.79. The molecule has 1 N–H and O–H groups in total. The van der Waals surface area contributed by atoms with Crippen LogP contribution in [0.3, 0.4) is 0 Å². The zero-order chi connectivity index (χ0) is 12.8. The van der Waals surface area contributed by atoms with E-state index in [9.17, 15) is 0 Å². The molecule has 2 aromatic rings. The van der Waals surface area contributed by atoms with Gasteiger partial charge >= 0.3 is 0 Å². The second kappa shape index (κ2) is 6.31. The number of pyridine rings is 1. The minimum absolute atomic E-state index is 0.870. The second-order valence-electron chi connectivity index (χ2n) is 4.58. The van der Waals surface area contributed by atoms with Crippen LogP contribution < -0.4 is 5.32 Å². The number of aromatic nitrogens is 1. The predicted octanol–water partition coefficient (Wildman–Crippen LogP) is 3.24. The van der Waals surface area contributed by atoms with Gasteiger partial charge < -0.3 is 5.32 Å². The Morgan fingerprint density at radius 3 is 2.39 bits per heavy atom. The van der Waals surface area contributed by atoms with E-state index < -0.39 is 0 Å². The quantitative estimate of drug-likeness (QED) is 0.868. The number of benzene rings is 1. The second-order valence-corrected chi connectivity index (χ2v) is 4.58. The van der Waals surface area contributed by atoms with Crippen molar-refractivity contribution in [2.45, 2.75) is 33.4 Å². The van der Waals surface area contributed by atoms with E-state index in [2.05, 4.69) is 48.4 Å². The zero-order valence-electron chi connectivity index (χ0n) is 11.1. The first-order valence-electron chi connectivity index (χ1n) is 6.47. The van der Waals surface area contributed by atoms with Gasteiger partial charge in [0.25, 0.3) is 0 Å². The lowest BCUT2D eigenvalue weighted by atomic mass is 10.1. The number of rotatable bonds is 5. The van der Waals surface area contributed by atoms with Crippen LogP contribution in [0.5, 0.6) is 0 Å².